The summed E-state index contributed by atoms with van der Waals surface area (Å²) >= 11 is 0. The molecule has 2 aliphatic carbocycles. The molecule has 2 bridgehead atoms. The minimum atomic E-state index is -1.72. The summed E-state index contributed by atoms with van der Waals surface area (Å²) in [4.78, 5) is 14.9. The van der Waals surface area contributed by atoms with Crippen molar-refractivity contribution < 1.29 is 24.1 Å². The van der Waals surface area contributed by atoms with Crippen LogP contribution in [0.3, 0.4) is 0 Å². The van der Waals surface area contributed by atoms with Crippen molar-refractivity contribution in [1.82, 2.24) is 4.90 Å². The summed E-state index contributed by atoms with van der Waals surface area (Å²) in [5, 5.41) is 11.4. The summed E-state index contributed by atoms with van der Waals surface area (Å²) in [6.45, 7) is 1.09. The predicted octanol–water partition coefficient (Wildman–Crippen LogP) is 1.25. The Morgan fingerprint density at radius 3 is 2.88 bits per heavy atom. The molecular formula is C18H19NO5. The Morgan fingerprint density at radius 2 is 2.04 bits per heavy atom. The van der Waals surface area contributed by atoms with Crippen LogP contribution in [0.15, 0.2) is 12.1 Å². The van der Waals surface area contributed by atoms with Crippen molar-refractivity contribution in [3.8, 4) is 11.5 Å². The molecule has 0 aromatic heterocycles. The fraction of sp³-hybridized carbons (Fsp3) is 0.611. The molecule has 6 heteroatoms. The molecule has 2 saturated heterocycles. The van der Waals surface area contributed by atoms with E-state index in [1.54, 1.807) is 0 Å². The van der Waals surface area contributed by atoms with E-state index in [2.05, 4.69) is 11.0 Å². The van der Waals surface area contributed by atoms with Gasteiger partial charge >= 0.3 is 0 Å². The van der Waals surface area contributed by atoms with Crippen molar-refractivity contribution in [3.05, 3.63) is 23.3 Å². The van der Waals surface area contributed by atoms with E-state index in [1.807, 2.05) is 13.1 Å². The molecule has 3 heterocycles. The summed E-state index contributed by atoms with van der Waals surface area (Å²) in [5.41, 5.74) is 1.29. The van der Waals surface area contributed by atoms with Gasteiger partial charge in [0.25, 0.3) is 0 Å². The van der Waals surface area contributed by atoms with Crippen LogP contribution in [0.25, 0.3) is 0 Å². The minimum absolute atomic E-state index is 0.178. The lowest BCUT2D eigenvalue weighted by Gasteiger charge is -2.56. The monoisotopic (exact) mass is 329 g/mol. The second kappa shape index (κ2) is 3.79. The van der Waals surface area contributed by atoms with E-state index in [9.17, 15) is 9.90 Å². The Morgan fingerprint density at radius 1 is 1.25 bits per heavy atom. The Balaban J connectivity index is 1.70. The third kappa shape index (κ3) is 1.13. The Labute approximate surface area is 139 Å². The molecule has 1 N–H and O–H groups in total. The van der Waals surface area contributed by atoms with Gasteiger partial charge in [0.1, 0.15) is 0 Å². The van der Waals surface area contributed by atoms with E-state index in [0.717, 1.165) is 36.4 Å². The number of nitrogens with zero attached hydrogens (tertiary/aromatic N) is 1. The van der Waals surface area contributed by atoms with Gasteiger partial charge < -0.3 is 19.3 Å². The van der Waals surface area contributed by atoms with Gasteiger partial charge in [0, 0.05) is 18.3 Å². The molecule has 3 aliphatic heterocycles. The molecular weight excluding hydrogens is 310 g/mol. The van der Waals surface area contributed by atoms with Crippen molar-refractivity contribution in [2.75, 3.05) is 20.4 Å². The van der Waals surface area contributed by atoms with Gasteiger partial charge in [0.15, 0.2) is 17.3 Å². The molecule has 1 aromatic carbocycles. The highest BCUT2D eigenvalue weighted by atomic mass is 16.7. The van der Waals surface area contributed by atoms with Gasteiger partial charge in [-0.1, -0.05) is 0 Å². The third-order valence-electron chi connectivity index (χ3n) is 7.24. The molecule has 6 nitrogen and oxygen atoms in total. The van der Waals surface area contributed by atoms with Crippen molar-refractivity contribution in [2.24, 2.45) is 0 Å². The van der Waals surface area contributed by atoms with Gasteiger partial charge in [0.05, 0.1) is 11.6 Å². The maximum atomic E-state index is 12.7. The van der Waals surface area contributed by atoms with Crippen LogP contribution in [0.1, 0.15) is 42.9 Å². The molecule has 4 atom stereocenters. The number of carbonyl (C=O) groups is 1. The fourth-order valence-electron chi connectivity index (χ4n) is 6.24. The van der Waals surface area contributed by atoms with E-state index < -0.39 is 11.3 Å². The molecule has 0 amide bonds. The quantitative estimate of drug-likeness (QED) is 0.773. The van der Waals surface area contributed by atoms with Crippen LogP contribution in [-0.4, -0.2) is 47.5 Å². The van der Waals surface area contributed by atoms with Crippen LogP contribution < -0.4 is 9.47 Å². The van der Waals surface area contributed by atoms with E-state index >= 15 is 0 Å². The number of ketones is 1. The summed E-state index contributed by atoms with van der Waals surface area (Å²) in [7, 11) is 2.01. The largest absolute Gasteiger partial charge is 0.454 e. The molecule has 3 fully saturated rings. The maximum absolute atomic E-state index is 12.7. The fourth-order valence-corrected chi connectivity index (χ4v) is 6.24. The average molecular weight is 329 g/mol. The van der Waals surface area contributed by atoms with Gasteiger partial charge in [-0.15, -0.1) is 0 Å². The van der Waals surface area contributed by atoms with Gasteiger partial charge in [-0.25, -0.2) is 0 Å². The van der Waals surface area contributed by atoms with Gasteiger partial charge in [0.2, 0.25) is 12.6 Å². The van der Waals surface area contributed by atoms with Crippen LogP contribution in [0.5, 0.6) is 11.5 Å². The lowest BCUT2D eigenvalue weighted by molar-refractivity contribution is -0.242. The summed E-state index contributed by atoms with van der Waals surface area (Å²) in [6, 6.07) is 4.07. The highest BCUT2D eigenvalue weighted by molar-refractivity contribution is 5.90. The molecule has 0 radical (unpaired) electrons. The number of carbonyl (C=O) groups excluding carboxylic acids is 1. The number of aliphatic hydroxyl groups is 1. The van der Waals surface area contributed by atoms with Crippen molar-refractivity contribution >= 4 is 5.78 Å². The molecule has 1 spiro atoms. The first-order valence-corrected chi connectivity index (χ1v) is 8.61. The second-order valence-electron chi connectivity index (χ2n) is 7.78. The van der Waals surface area contributed by atoms with Crippen molar-refractivity contribution in [1.29, 1.82) is 0 Å². The molecule has 0 unspecified atom stereocenters. The number of rotatable bonds is 0. The molecule has 1 saturated carbocycles. The zero-order valence-electron chi connectivity index (χ0n) is 13.5. The van der Waals surface area contributed by atoms with Gasteiger partial charge in [-0.3, -0.25) is 9.69 Å². The number of likely N-dealkylation sites (N-methyl/N-ethyl adjacent to an activating group) is 1. The van der Waals surface area contributed by atoms with E-state index in [4.69, 9.17) is 14.2 Å². The molecule has 126 valence electrons. The minimum Gasteiger partial charge on any atom is -0.454 e. The standard InChI is InChI=1S/C18H19NO5/c1-19-5-4-16-3-2-15(20)18(21)17(16,19)8-14(24-18)10-6-12-13(7-11(10)16)23-9-22-12/h6-7,14,21H,2-5,8-9H2,1H3/t14-,16+,17-,18-/m0/s1. The first-order chi connectivity index (χ1) is 11.5. The maximum Gasteiger partial charge on any atom is 0.247 e. The van der Waals surface area contributed by atoms with E-state index in [1.165, 1.54) is 5.56 Å². The molecule has 5 aliphatic rings. The SMILES string of the molecule is CN1CC[C@@]23CCC(=O)[C@]4(O)O[C@@H](C[C@]124)c1cc2c(cc13)OCO2. The van der Waals surface area contributed by atoms with Crippen LogP contribution >= 0.6 is 0 Å². The first kappa shape index (κ1) is 13.6. The number of likely N-dealkylation sites (tertiary alicyclic amines) is 1. The van der Waals surface area contributed by atoms with Crippen molar-refractivity contribution in [2.45, 2.75) is 48.5 Å². The Hall–Kier alpha value is -1.63. The zero-order valence-corrected chi connectivity index (χ0v) is 13.5. The van der Waals surface area contributed by atoms with Gasteiger partial charge in [-0.2, -0.15) is 0 Å². The molecule has 1 aromatic rings. The highest BCUT2D eigenvalue weighted by Gasteiger charge is 2.80. The smallest absolute Gasteiger partial charge is 0.247 e. The van der Waals surface area contributed by atoms with E-state index in [0.29, 0.717) is 12.8 Å². The van der Waals surface area contributed by atoms with Crippen molar-refractivity contribution in [3.63, 3.8) is 0 Å². The van der Waals surface area contributed by atoms with Crippen LogP contribution in [0, 0.1) is 0 Å². The first-order valence-electron chi connectivity index (χ1n) is 8.61. The second-order valence-corrected chi connectivity index (χ2v) is 7.78. The summed E-state index contributed by atoms with van der Waals surface area (Å²) < 4.78 is 17.2. The predicted molar refractivity (Wildman–Crippen MR) is 81.9 cm³/mol. The summed E-state index contributed by atoms with van der Waals surface area (Å²) in [6.07, 6.45) is 2.39. The number of Topliss-reactive ketones (excluding diaryl/α,β-unsaturated/α-hetero) is 1. The van der Waals surface area contributed by atoms with Crippen LogP contribution in [0.4, 0.5) is 0 Å². The van der Waals surface area contributed by atoms with Crippen LogP contribution in [-0.2, 0) is 14.9 Å². The Kier molecular flexibility index (Phi) is 2.15. The molecule has 24 heavy (non-hydrogen) atoms. The lowest BCUT2D eigenvalue weighted by Crippen LogP contribution is -2.72. The highest BCUT2D eigenvalue weighted by Crippen LogP contribution is 2.70. The number of hydrogen-bond donors (Lipinski definition) is 1. The number of ether oxygens (including phenoxy) is 3. The number of fused-ring (bicyclic) bond motifs is 4. The average Bonchev–Trinajstić information content (AvgIpc) is 3.22. The topological polar surface area (TPSA) is 68.2 Å². The number of hydrogen-bond acceptors (Lipinski definition) is 6. The summed E-state index contributed by atoms with van der Waals surface area (Å²) in [5.74, 6) is -0.407. The normalized spacial score (nSPS) is 44.6. The van der Waals surface area contributed by atoms with Crippen LogP contribution in [0.2, 0.25) is 0 Å². The number of benzene rings is 1. The zero-order chi connectivity index (χ0) is 16.3. The molecule has 6 rings (SSSR count). The van der Waals surface area contributed by atoms with E-state index in [-0.39, 0.29) is 24.1 Å². The Bertz CT molecular complexity index is 809. The lowest BCUT2D eigenvalue weighted by atomic mass is 9.51. The third-order valence-corrected chi connectivity index (χ3v) is 7.24. The van der Waals surface area contributed by atoms with Gasteiger partial charge in [-0.05, 0) is 49.7 Å².